The van der Waals surface area contributed by atoms with Gasteiger partial charge in [-0.15, -0.1) is 0 Å². The standard InChI is InChI=1S/C11H13BrClNO6S/c1-11(4-15,5-16)14-21(19,20)6-2-7(10(17)18)9(13)8(12)3-6/h2-3,14-16H,4-5H2,1H3,(H,17,18). The summed E-state index contributed by atoms with van der Waals surface area (Å²) in [6.45, 7) is 0.0280. The zero-order valence-electron chi connectivity index (χ0n) is 10.8. The number of sulfonamides is 1. The molecule has 0 spiro atoms. The molecule has 1 rings (SSSR count). The van der Waals surface area contributed by atoms with Gasteiger partial charge in [0.15, 0.2) is 0 Å². The van der Waals surface area contributed by atoms with Crippen molar-refractivity contribution in [3.8, 4) is 0 Å². The molecule has 0 aliphatic carbocycles. The van der Waals surface area contributed by atoms with Gasteiger partial charge in [0.1, 0.15) is 0 Å². The van der Waals surface area contributed by atoms with Gasteiger partial charge >= 0.3 is 5.97 Å². The van der Waals surface area contributed by atoms with Crippen LogP contribution in [0.3, 0.4) is 0 Å². The fraction of sp³-hybridized carbons (Fsp3) is 0.364. The number of aromatic carboxylic acids is 1. The van der Waals surface area contributed by atoms with E-state index in [1.54, 1.807) is 0 Å². The van der Waals surface area contributed by atoms with Gasteiger partial charge in [-0.3, -0.25) is 0 Å². The highest BCUT2D eigenvalue weighted by Crippen LogP contribution is 2.30. The number of benzene rings is 1. The maximum absolute atomic E-state index is 12.2. The zero-order valence-corrected chi connectivity index (χ0v) is 14.0. The minimum Gasteiger partial charge on any atom is -0.478 e. The summed E-state index contributed by atoms with van der Waals surface area (Å²) in [6, 6.07) is 2.03. The van der Waals surface area contributed by atoms with E-state index >= 15 is 0 Å². The van der Waals surface area contributed by atoms with Crippen LogP contribution < -0.4 is 4.72 Å². The molecule has 1 aromatic carbocycles. The first-order valence-corrected chi connectivity index (χ1v) is 8.20. The molecule has 0 unspecified atom stereocenters. The van der Waals surface area contributed by atoms with Crippen molar-refractivity contribution < 1.29 is 28.5 Å². The Morgan fingerprint density at radius 2 is 1.90 bits per heavy atom. The Morgan fingerprint density at radius 3 is 2.33 bits per heavy atom. The van der Waals surface area contributed by atoms with Gasteiger partial charge in [-0.05, 0) is 35.0 Å². The molecule has 21 heavy (non-hydrogen) atoms. The van der Waals surface area contributed by atoms with Gasteiger partial charge in [-0.1, -0.05) is 11.6 Å². The number of halogens is 2. The van der Waals surface area contributed by atoms with Crippen LogP contribution in [0.4, 0.5) is 0 Å². The number of hydrogen-bond acceptors (Lipinski definition) is 5. The van der Waals surface area contributed by atoms with Crippen molar-refractivity contribution >= 4 is 43.5 Å². The van der Waals surface area contributed by atoms with Gasteiger partial charge in [0.2, 0.25) is 10.0 Å². The highest BCUT2D eigenvalue weighted by molar-refractivity contribution is 9.10. The molecule has 0 saturated heterocycles. The molecule has 118 valence electrons. The highest BCUT2D eigenvalue weighted by Gasteiger charge is 2.30. The minimum atomic E-state index is -4.16. The van der Waals surface area contributed by atoms with Crippen LogP contribution >= 0.6 is 27.5 Å². The second-order valence-corrected chi connectivity index (χ2v) is 7.47. The molecular weight excluding hydrogens is 390 g/mol. The lowest BCUT2D eigenvalue weighted by Gasteiger charge is -2.26. The third-order valence-corrected chi connectivity index (χ3v) is 5.50. The average molecular weight is 403 g/mol. The summed E-state index contributed by atoms with van der Waals surface area (Å²) < 4.78 is 26.6. The molecule has 0 heterocycles. The molecule has 1 aromatic rings. The molecule has 0 radical (unpaired) electrons. The second-order valence-electron chi connectivity index (χ2n) is 4.55. The predicted molar refractivity (Wildman–Crippen MR) is 79.0 cm³/mol. The first-order chi connectivity index (χ1) is 9.56. The molecule has 0 saturated carbocycles. The summed E-state index contributed by atoms with van der Waals surface area (Å²) in [4.78, 5) is 10.7. The largest absolute Gasteiger partial charge is 0.478 e. The van der Waals surface area contributed by atoms with Crippen LogP contribution in [0.15, 0.2) is 21.5 Å². The van der Waals surface area contributed by atoms with Crippen molar-refractivity contribution in [3.05, 3.63) is 27.2 Å². The van der Waals surface area contributed by atoms with Gasteiger partial charge in [-0.25, -0.2) is 17.9 Å². The van der Waals surface area contributed by atoms with Gasteiger partial charge in [-0.2, -0.15) is 0 Å². The summed E-state index contributed by atoms with van der Waals surface area (Å²) in [5.74, 6) is -1.38. The van der Waals surface area contributed by atoms with Crippen LogP contribution in [0.25, 0.3) is 0 Å². The van der Waals surface area contributed by atoms with Crippen molar-refractivity contribution in [2.75, 3.05) is 13.2 Å². The number of aliphatic hydroxyl groups excluding tert-OH is 2. The number of rotatable bonds is 6. The Kier molecular flexibility index (Phi) is 5.76. The van der Waals surface area contributed by atoms with E-state index in [0.717, 1.165) is 12.1 Å². The minimum absolute atomic E-state index is 0.0964. The average Bonchev–Trinajstić information content (AvgIpc) is 2.40. The Morgan fingerprint density at radius 1 is 1.38 bits per heavy atom. The maximum Gasteiger partial charge on any atom is 0.337 e. The molecule has 0 atom stereocenters. The van der Waals surface area contributed by atoms with Crippen molar-refractivity contribution in [2.24, 2.45) is 0 Å². The van der Waals surface area contributed by atoms with E-state index in [2.05, 4.69) is 20.7 Å². The smallest absolute Gasteiger partial charge is 0.337 e. The van der Waals surface area contributed by atoms with E-state index in [4.69, 9.17) is 26.9 Å². The molecule has 0 amide bonds. The van der Waals surface area contributed by atoms with Gasteiger partial charge in [0.05, 0.1) is 34.2 Å². The Bertz CT molecular complexity index is 659. The van der Waals surface area contributed by atoms with Crippen LogP contribution in [0.1, 0.15) is 17.3 Å². The third kappa shape index (κ3) is 4.15. The molecule has 0 aliphatic rings. The Balaban J connectivity index is 3.36. The fourth-order valence-corrected chi connectivity index (χ4v) is 3.62. The van der Waals surface area contributed by atoms with E-state index < -0.39 is 34.7 Å². The van der Waals surface area contributed by atoms with E-state index in [-0.39, 0.29) is 20.0 Å². The quantitative estimate of drug-likeness (QED) is 0.558. The number of carboxylic acid groups (broad SMARTS) is 1. The monoisotopic (exact) mass is 401 g/mol. The predicted octanol–water partition coefficient (Wildman–Crippen LogP) is 0.822. The third-order valence-electron chi connectivity index (χ3n) is 2.62. The molecule has 10 heteroatoms. The summed E-state index contributed by atoms with van der Waals surface area (Å²) in [5.41, 5.74) is -1.87. The van der Waals surface area contributed by atoms with Crippen LogP contribution in [-0.2, 0) is 10.0 Å². The number of aliphatic hydroxyl groups is 2. The molecule has 0 aliphatic heterocycles. The Hall–Kier alpha value is -0.710. The SMILES string of the molecule is CC(CO)(CO)NS(=O)(=O)c1cc(Br)c(Cl)c(C(=O)O)c1. The maximum atomic E-state index is 12.2. The first-order valence-electron chi connectivity index (χ1n) is 5.54. The van der Waals surface area contributed by atoms with E-state index in [0.29, 0.717) is 0 Å². The van der Waals surface area contributed by atoms with Crippen molar-refractivity contribution in [2.45, 2.75) is 17.4 Å². The van der Waals surface area contributed by atoms with Gasteiger partial charge < -0.3 is 15.3 Å². The fourth-order valence-electron chi connectivity index (χ4n) is 1.37. The molecule has 0 aromatic heterocycles. The second kappa shape index (κ2) is 6.59. The zero-order chi connectivity index (χ0) is 16.4. The lowest BCUT2D eigenvalue weighted by molar-refractivity contribution is 0.0696. The van der Waals surface area contributed by atoms with E-state index in [1.807, 2.05) is 0 Å². The summed E-state index contributed by atoms with van der Waals surface area (Å²) in [5, 5.41) is 27.1. The molecule has 7 nitrogen and oxygen atoms in total. The van der Waals surface area contributed by atoms with Crippen molar-refractivity contribution in [1.82, 2.24) is 4.72 Å². The number of hydrogen-bond donors (Lipinski definition) is 4. The van der Waals surface area contributed by atoms with E-state index in [9.17, 15) is 13.2 Å². The summed E-state index contributed by atoms with van der Waals surface area (Å²) in [7, 11) is -4.16. The normalized spacial score (nSPS) is 12.4. The Labute approximate surface area is 134 Å². The number of nitrogens with one attached hydrogen (secondary N) is 1. The summed E-state index contributed by atoms with van der Waals surface area (Å²) >= 11 is 8.76. The van der Waals surface area contributed by atoms with Crippen molar-refractivity contribution in [1.29, 1.82) is 0 Å². The van der Waals surface area contributed by atoms with Gasteiger partial charge in [0.25, 0.3) is 0 Å². The molecule has 4 N–H and O–H groups in total. The van der Waals surface area contributed by atoms with Crippen LogP contribution in [0.5, 0.6) is 0 Å². The van der Waals surface area contributed by atoms with Crippen molar-refractivity contribution in [3.63, 3.8) is 0 Å². The lowest BCUT2D eigenvalue weighted by atomic mass is 10.1. The molecule has 0 fully saturated rings. The van der Waals surface area contributed by atoms with Crippen LogP contribution in [-0.4, -0.2) is 48.5 Å². The van der Waals surface area contributed by atoms with Gasteiger partial charge in [0, 0.05) is 4.47 Å². The highest BCUT2D eigenvalue weighted by atomic mass is 79.9. The topological polar surface area (TPSA) is 124 Å². The first kappa shape index (κ1) is 18.3. The summed E-state index contributed by atoms with van der Waals surface area (Å²) in [6.07, 6.45) is 0. The lowest BCUT2D eigenvalue weighted by Crippen LogP contribution is -2.51. The van der Waals surface area contributed by atoms with Crippen LogP contribution in [0, 0.1) is 0 Å². The molecule has 0 bridgehead atoms. The van der Waals surface area contributed by atoms with E-state index in [1.165, 1.54) is 6.92 Å². The number of carbonyl (C=O) groups is 1. The van der Waals surface area contributed by atoms with Crippen LogP contribution in [0.2, 0.25) is 5.02 Å². The number of carboxylic acids is 1. The molecular formula is C11H13BrClNO6S.